The Kier molecular flexibility index (Phi) is 2.80. The van der Waals surface area contributed by atoms with Gasteiger partial charge in [-0.1, -0.05) is 6.07 Å². The van der Waals surface area contributed by atoms with Gasteiger partial charge in [0, 0.05) is 12.0 Å². The van der Waals surface area contributed by atoms with E-state index in [1.807, 2.05) is 20.8 Å². The van der Waals surface area contributed by atoms with Crippen LogP contribution in [0.3, 0.4) is 0 Å². The van der Waals surface area contributed by atoms with E-state index in [0.717, 1.165) is 0 Å². The molecule has 0 aromatic heterocycles. The van der Waals surface area contributed by atoms with Gasteiger partial charge in [0.2, 0.25) is 0 Å². The fourth-order valence-corrected chi connectivity index (χ4v) is 2.76. The number of carbonyl (C=O) groups is 1. The summed E-state index contributed by atoms with van der Waals surface area (Å²) >= 11 is 0. The number of halogens is 1. The van der Waals surface area contributed by atoms with Crippen LogP contribution < -0.4 is 4.90 Å². The molecule has 1 spiro atoms. The number of rotatable bonds is 0. The maximum Gasteiger partial charge on any atom is 0.415 e. The average Bonchev–Trinajstić information content (AvgIpc) is 2.63. The molecule has 2 aliphatic rings. The molecule has 1 aromatic carbocycles. The van der Waals surface area contributed by atoms with Crippen LogP contribution in [0.15, 0.2) is 18.2 Å². The summed E-state index contributed by atoms with van der Waals surface area (Å²) in [5, 5.41) is 0. The Labute approximate surface area is 117 Å². The van der Waals surface area contributed by atoms with E-state index in [1.54, 1.807) is 17.0 Å². The van der Waals surface area contributed by atoms with Gasteiger partial charge in [-0.05, 0) is 32.9 Å². The lowest BCUT2D eigenvalue weighted by Gasteiger charge is -2.45. The van der Waals surface area contributed by atoms with Gasteiger partial charge >= 0.3 is 6.09 Å². The summed E-state index contributed by atoms with van der Waals surface area (Å²) in [7, 11) is 0. The zero-order valence-corrected chi connectivity index (χ0v) is 11.9. The number of amides is 1. The van der Waals surface area contributed by atoms with Crippen LogP contribution >= 0.6 is 0 Å². The lowest BCUT2D eigenvalue weighted by Crippen LogP contribution is -2.63. The van der Waals surface area contributed by atoms with E-state index < -0.39 is 17.2 Å². The molecule has 1 amide bonds. The molecule has 20 heavy (non-hydrogen) atoms. The van der Waals surface area contributed by atoms with Crippen molar-refractivity contribution in [3.63, 3.8) is 0 Å². The topological polar surface area (TPSA) is 38.8 Å². The first-order valence-electron chi connectivity index (χ1n) is 6.71. The van der Waals surface area contributed by atoms with Crippen LogP contribution in [-0.4, -0.2) is 30.4 Å². The Morgan fingerprint density at radius 3 is 2.65 bits per heavy atom. The predicted octanol–water partition coefficient (Wildman–Crippen LogP) is 2.89. The van der Waals surface area contributed by atoms with E-state index in [0.29, 0.717) is 30.9 Å². The molecule has 2 heterocycles. The molecule has 1 saturated heterocycles. The number of anilines is 1. The second-order valence-electron chi connectivity index (χ2n) is 6.45. The highest BCUT2D eigenvalue weighted by atomic mass is 19.1. The molecule has 1 fully saturated rings. The summed E-state index contributed by atoms with van der Waals surface area (Å²) in [6, 6.07) is 4.80. The minimum atomic E-state index is -0.584. The van der Waals surface area contributed by atoms with Crippen molar-refractivity contribution in [3.8, 4) is 0 Å². The first-order valence-corrected chi connectivity index (χ1v) is 6.71. The Hall–Kier alpha value is -1.62. The molecule has 1 aromatic rings. The quantitative estimate of drug-likeness (QED) is 0.733. The highest BCUT2D eigenvalue weighted by molar-refractivity contribution is 5.93. The smallest absolute Gasteiger partial charge is 0.415 e. The normalized spacial score (nSPS) is 19.7. The van der Waals surface area contributed by atoms with Crippen molar-refractivity contribution >= 4 is 11.8 Å². The van der Waals surface area contributed by atoms with Gasteiger partial charge < -0.3 is 9.47 Å². The molecule has 4 nitrogen and oxygen atoms in total. The predicted molar refractivity (Wildman–Crippen MR) is 72.4 cm³/mol. The standard InChI is InChI=1S/C15H18FNO3/c1-14(2,3)20-13(18)17-12-6-4-5-11(16)10(12)7-15(17)8-19-9-15/h4-6H,7-9H2,1-3H3. The van der Waals surface area contributed by atoms with Crippen molar-refractivity contribution in [1.29, 1.82) is 0 Å². The van der Waals surface area contributed by atoms with Crippen LogP contribution in [0.1, 0.15) is 26.3 Å². The van der Waals surface area contributed by atoms with Crippen LogP contribution in [0.4, 0.5) is 14.9 Å². The number of carbonyl (C=O) groups excluding carboxylic acids is 1. The molecule has 2 aliphatic heterocycles. The van der Waals surface area contributed by atoms with E-state index >= 15 is 0 Å². The Balaban J connectivity index is 1.99. The lowest BCUT2D eigenvalue weighted by molar-refractivity contribution is -0.0553. The lowest BCUT2D eigenvalue weighted by atomic mass is 9.92. The van der Waals surface area contributed by atoms with Crippen molar-refractivity contribution in [2.75, 3.05) is 18.1 Å². The second kappa shape index (κ2) is 4.19. The van der Waals surface area contributed by atoms with E-state index in [-0.39, 0.29) is 5.82 Å². The van der Waals surface area contributed by atoms with Crippen LogP contribution in [0.2, 0.25) is 0 Å². The highest BCUT2D eigenvalue weighted by Gasteiger charge is 2.54. The number of hydrogen-bond acceptors (Lipinski definition) is 3. The second-order valence-corrected chi connectivity index (χ2v) is 6.45. The molecule has 5 heteroatoms. The third-order valence-corrected chi connectivity index (χ3v) is 3.63. The molecule has 0 saturated carbocycles. The van der Waals surface area contributed by atoms with Crippen molar-refractivity contribution in [3.05, 3.63) is 29.6 Å². The van der Waals surface area contributed by atoms with Crippen LogP contribution in [-0.2, 0) is 15.9 Å². The zero-order chi connectivity index (χ0) is 14.5. The largest absolute Gasteiger partial charge is 0.443 e. The monoisotopic (exact) mass is 279 g/mol. The van der Waals surface area contributed by atoms with Gasteiger partial charge in [-0.25, -0.2) is 9.18 Å². The molecule has 108 valence electrons. The molecular weight excluding hydrogens is 261 g/mol. The first-order chi connectivity index (χ1) is 9.32. The summed E-state index contributed by atoms with van der Waals surface area (Å²) in [5.74, 6) is -0.278. The molecule has 0 unspecified atom stereocenters. The van der Waals surface area contributed by atoms with Gasteiger partial charge in [0.15, 0.2) is 0 Å². The van der Waals surface area contributed by atoms with Crippen molar-refractivity contribution in [2.24, 2.45) is 0 Å². The minimum Gasteiger partial charge on any atom is -0.443 e. The molecule has 0 N–H and O–H groups in total. The number of benzene rings is 1. The Morgan fingerprint density at radius 2 is 2.10 bits per heavy atom. The van der Waals surface area contributed by atoms with Crippen molar-refractivity contribution in [2.45, 2.75) is 38.3 Å². The van der Waals surface area contributed by atoms with E-state index in [1.165, 1.54) is 6.07 Å². The van der Waals surface area contributed by atoms with Gasteiger partial charge in [-0.15, -0.1) is 0 Å². The molecular formula is C15H18FNO3. The number of nitrogens with zero attached hydrogens (tertiary/aromatic N) is 1. The molecule has 0 radical (unpaired) electrons. The number of hydrogen-bond donors (Lipinski definition) is 0. The first kappa shape index (κ1) is 13.4. The highest BCUT2D eigenvalue weighted by Crippen LogP contribution is 2.44. The summed E-state index contributed by atoms with van der Waals surface area (Å²) in [5.41, 5.74) is 0.107. The number of fused-ring (bicyclic) bond motifs is 1. The van der Waals surface area contributed by atoms with Crippen LogP contribution in [0.5, 0.6) is 0 Å². The fraction of sp³-hybridized carbons (Fsp3) is 0.533. The third kappa shape index (κ3) is 1.97. The molecule has 3 rings (SSSR count). The van der Waals surface area contributed by atoms with Crippen LogP contribution in [0, 0.1) is 5.82 Å². The Morgan fingerprint density at radius 1 is 1.40 bits per heavy atom. The Bertz CT molecular complexity index is 561. The number of ether oxygens (including phenoxy) is 2. The summed E-state index contributed by atoms with van der Waals surface area (Å²) in [4.78, 5) is 14.0. The maximum absolute atomic E-state index is 13.9. The van der Waals surface area contributed by atoms with Gasteiger partial charge in [0.25, 0.3) is 0 Å². The minimum absolute atomic E-state index is 0.278. The van der Waals surface area contributed by atoms with E-state index in [4.69, 9.17) is 9.47 Å². The SMILES string of the molecule is CC(C)(C)OC(=O)N1c2cccc(F)c2CC12COC2. The van der Waals surface area contributed by atoms with Crippen LogP contribution in [0.25, 0.3) is 0 Å². The zero-order valence-electron chi connectivity index (χ0n) is 11.9. The van der Waals surface area contributed by atoms with Gasteiger partial charge in [0.1, 0.15) is 17.0 Å². The molecule has 0 aliphatic carbocycles. The van der Waals surface area contributed by atoms with Crippen molar-refractivity contribution in [1.82, 2.24) is 0 Å². The summed E-state index contributed by atoms with van der Waals surface area (Å²) < 4.78 is 24.7. The van der Waals surface area contributed by atoms with Gasteiger partial charge in [-0.2, -0.15) is 0 Å². The fourth-order valence-electron chi connectivity index (χ4n) is 2.76. The van der Waals surface area contributed by atoms with Gasteiger partial charge in [-0.3, -0.25) is 4.90 Å². The maximum atomic E-state index is 13.9. The summed E-state index contributed by atoms with van der Waals surface area (Å²) in [6.07, 6.45) is 0.0407. The van der Waals surface area contributed by atoms with E-state index in [2.05, 4.69) is 0 Å². The van der Waals surface area contributed by atoms with E-state index in [9.17, 15) is 9.18 Å². The third-order valence-electron chi connectivity index (χ3n) is 3.63. The molecule has 0 atom stereocenters. The van der Waals surface area contributed by atoms with Gasteiger partial charge in [0.05, 0.1) is 18.9 Å². The average molecular weight is 279 g/mol. The summed E-state index contributed by atoms with van der Waals surface area (Å²) in [6.45, 7) is 6.28. The van der Waals surface area contributed by atoms with Crippen molar-refractivity contribution < 1.29 is 18.7 Å². The molecule has 0 bridgehead atoms.